The fraction of sp³-hybridized carbons (Fsp3) is 0.250. The van der Waals surface area contributed by atoms with Gasteiger partial charge in [0, 0.05) is 35.8 Å². The first kappa shape index (κ1) is 22.9. The lowest BCUT2D eigenvalue weighted by atomic mass is 10.0. The summed E-state index contributed by atoms with van der Waals surface area (Å²) in [5, 5.41) is 0. The van der Waals surface area contributed by atoms with E-state index in [1.54, 1.807) is 45.3 Å². The summed E-state index contributed by atoms with van der Waals surface area (Å²) in [5.41, 5.74) is 2.62. The lowest BCUT2D eigenvalue weighted by Gasteiger charge is -2.22. The van der Waals surface area contributed by atoms with Crippen molar-refractivity contribution in [1.82, 2.24) is 14.9 Å². The van der Waals surface area contributed by atoms with E-state index in [0.717, 1.165) is 5.56 Å². The monoisotopic (exact) mass is 437 g/mol. The molecule has 1 aromatic carbocycles. The third kappa shape index (κ3) is 5.08. The first-order chi connectivity index (χ1) is 15.3. The van der Waals surface area contributed by atoms with Crippen molar-refractivity contribution in [3.05, 3.63) is 88.3 Å². The van der Waals surface area contributed by atoms with E-state index in [-0.39, 0.29) is 36.7 Å². The lowest BCUT2D eigenvalue weighted by Crippen LogP contribution is -2.35. The zero-order valence-electron chi connectivity index (χ0n) is 18.1. The molecule has 0 atom stereocenters. The van der Waals surface area contributed by atoms with Crippen molar-refractivity contribution in [1.29, 1.82) is 0 Å². The molecular weight excluding hydrogens is 413 g/mol. The number of hydrogen-bond acceptors (Lipinski definition) is 5. The van der Waals surface area contributed by atoms with Gasteiger partial charge in [-0.3, -0.25) is 14.6 Å². The van der Waals surface area contributed by atoms with E-state index in [4.69, 9.17) is 4.74 Å². The molecule has 166 valence electrons. The minimum Gasteiger partial charge on any atom is -0.461 e. The second kappa shape index (κ2) is 10.00. The van der Waals surface area contributed by atoms with Gasteiger partial charge in [-0.2, -0.15) is 0 Å². The topological polar surface area (TPSA) is 92.4 Å². The van der Waals surface area contributed by atoms with Gasteiger partial charge in [0.1, 0.15) is 11.5 Å². The number of carbonyl (C=O) groups is 3. The molecule has 0 saturated carbocycles. The highest BCUT2D eigenvalue weighted by molar-refractivity contribution is 6.05. The number of carbonyl (C=O) groups excluding carboxylic acids is 3. The van der Waals surface area contributed by atoms with Crippen LogP contribution in [-0.4, -0.2) is 45.7 Å². The van der Waals surface area contributed by atoms with Crippen molar-refractivity contribution in [2.45, 2.75) is 27.3 Å². The summed E-state index contributed by atoms with van der Waals surface area (Å²) in [4.78, 5) is 46.8. The molecule has 1 amide bonds. The van der Waals surface area contributed by atoms with Gasteiger partial charge < -0.3 is 14.6 Å². The minimum absolute atomic E-state index is 0.164. The number of H-pyrrole nitrogens is 1. The number of benzene rings is 1. The Hall–Kier alpha value is -3.81. The van der Waals surface area contributed by atoms with Gasteiger partial charge in [0.15, 0.2) is 5.78 Å². The number of esters is 1. The molecule has 0 radical (unpaired) electrons. The third-order valence-electron chi connectivity index (χ3n) is 5.03. The molecule has 8 heteroatoms. The third-order valence-corrected chi connectivity index (χ3v) is 5.03. The van der Waals surface area contributed by atoms with Crippen LogP contribution in [0.15, 0.2) is 48.8 Å². The number of nitrogens with zero attached hydrogens (tertiary/aromatic N) is 2. The van der Waals surface area contributed by atoms with E-state index in [2.05, 4.69) is 9.97 Å². The highest BCUT2D eigenvalue weighted by atomic mass is 19.1. The summed E-state index contributed by atoms with van der Waals surface area (Å²) in [6.45, 7) is 5.21. The van der Waals surface area contributed by atoms with E-state index >= 15 is 0 Å². The Labute approximate surface area is 185 Å². The van der Waals surface area contributed by atoms with Gasteiger partial charge in [-0.1, -0.05) is 0 Å². The fourth-order valence-corrected chi connectivity index (χ4v) is 3.51. The molecule has 0 aliphatic rings. The van der Waals surface area contributed by atoms with Crippen LogP contribution in [0.5, 0.6) is 0 Å². The molecule has 3 rings (SSSR count). The molecule has 7 nitrogen and oxygen atoms in total. The smallest absolute Gasteiger partial charge is 0.355 e. The molecule has 0 saturated heterocycles. The summed E-state index contributed by atoms with van der Waals surface area (Å²) in [6.07, 6.45) is 3.20. The number of rotatable bonds is 8. The van der Waals surface area contributed by atoms with E-state index in [9.17, 15) is 18.8 Å². The second-order valence-electron chi connectivity index (χ2n) is 7.29. The zero-order valence-corrected chi connectivity index (χ0v) is 18.1. The number of pyridine rings is 1. The molecule has 0 aliphatic carbocycles. The summed E-state index contributed by atoms with van der Waals surface area (Å²) < 4.78 is 18.4. The van der Waals surface area contributed by atoms with Gasteiger partial charge in [-0.05, 0) is 68.3 Å². The normalized spacial score (nSPS) is 10.6. The molecular formula is C24H24FN3O4. The number of halogens is 1. The van der Waals surface area contributed by atoms with Crippen LogP contribution in [0, 0.1) is 19.7 Å². The maximum absolute atomic E-state index is 13.3. The Morgan fingerprint density at radius 2 is 1.72 bits per heavy atom. The molecule has 0 bridgehead atoms. The first-order valence-corrected chi connectivity index (χ1v) is 10.1. The Kier molecular flexibility index (Phi) is 7.14. The number of amides is 1. The van der Waals surface area contributed by atoms with Crippen LogP contribution in [-0.2, 0) is 11.3 Å². The molecule has 0 fully saturated rings. The molecule has 3 aromatic rings. The summed E-state index contributed by atoms with van der Waals surface area (Å²) in [6, 6.07) is 8.67. The minimum atomic E-state index is -0.539. The second-order valence-corrected chi connectivity index (χ2v) is 7.29. The number of hydrogen-bond donors (Lipinski definition) is 1. The van der Waals surface area contributed by atoms with Crippen LogP contribution in [0.2, 0.25) is 0 Å². The Morgan fingerprint density at radius 3 is 2.34 bits per heavy atom. The van der Waals surface area contributed by atoms with Crippen molar-refractivity contribution in [2.24, 2.45) is 0 Å². The van der Waals surface area contributed by atoms with Gasteiger partial charge >= 0.3 is 5.97 Å². The molecule has 2 heterocycles. The summed E-state index contributed by atoms with van der Waals surface area (Å²) in [7, 11) is 0. The molecule has 1 N–H and O–H groups in total. The predicted octanol–water partition coefficient (Wildman–Crippen LogP) is 3.87. The van der Waals surface area contributed by atoms with Crippen molar-refractivity contribution in [3.8, 4) is 0 Å². The predicted molar refractivity (Wildman–Crippen MR) is 116 cm³/mol. The number of nitrogens with one attached hydrogen (secondary N) is 1. The van der Waals surface area contributed by atoms with Crippen LogP contribution in [0.3, 0.4) is 0 Å². The van der Waals surface area contributed by atoms with E-state index in [0.29, 0.717) is 16.8 Å². The molecule has 2 aromatic heterocycles. The van der Waals surface area contributed by atoms with Gasteiger partial charge in [-0.25, -0.2) is 9.18 Å². The van der Waals surface area contributed by atoms with E-state index in [1.807, 2.05) is 0 Å². The van der Waals surface area contributed by atoms with Gasteiger partial charge in [0.05, 0.1) is 13.2 Å². The van der Waals surface area contributed by atoms with Crippen LogP contribution < -0.4 is 0 Å². The summed E-state index contributed by atoms with van der Waals surface area (Å²) in [5.74, 6) is -1.73. The van der Waals surface area contributed by atoms with Crippen molar-refractivity contribution < 1.29 is 23.5 Å². The van der Waals surface area contributed by atoms with E-state index < -0.39 is 17.7 Å². The Balaban J connectivity index is 1.90. The highest BCUT2D eigenvalue weighted by Gasteiger charge is 2.26. The largest absolute Gasteiger partial charge is 0.461 e. The number of aromatic nitrogens is 2. The number of Topliss-reactive ketones (excluding diaryl/α,β-unsaturated/α-hetero) is 1. The van der Waals surface area contributed by atoms with Gasteiger partial charge in [0.2, 0.25) is 0 Å². The lowest BCUT2D eigenvalue weighted by molar-refractivity contribution is 0.0519. The van der Waals surface area contributed by atoms with Crippen LogP contribution in [0.1, 0.15) is 54.9 Å². The van der Waals surface area contributed by atoms with Crippen molar-refractivity contribution >= 4 is 17.7 Å². The quantitative estimate of drug-likeness (QED) is 0.427. The zero-order chi connectivity index (χ0) is 23.3. The molecule has 32 heavy (non-hydrogen) atoms. The highest BCUT2D eigenvalue weighted by Crippen LogP contribution is 2.21. The number of aryl methyl sites for hydroxylation is 1. The SMILES string of the molecule is CCOC(=O)c1[nH]c(C)c(C(=O)CN(Cc2ccncc2)C(=O)c2ccc(F)cc2)c1C. The van der Waals surface area contributed by atoms with Crippen LogP contribution in [0.25, 0.3) is 0 Å². The number of ether oxygens (including phenoxy) is 1. The van der Waals surface area contributed by atoms with E-state index in [1.165, 1.54) is 29.2 Å². The van der Waals surface area contributed by atoms with Crippen LogP contribution in [0.4, 0.5) is 4.39 Å². The average molecular weight is 437 g/mol. The Morgan fingerprint density at radius 1 is 1.06 bits per heavy atom. The molecule has 0 spiro atoms. The fourth-order valence-electron chi connectivity index (χ4n) is 3.51. The maximum atomic E-state index is 13.3. The first-order valence-electron chi connectivity index (χ1n) is 10.1. The molecule has 0 aliphatic heterocycles. The number of ketones is 1. The number of aromatic amines is 1. The van der Waals surface area contributed by atoms with Gasteiger partial charge in [-0.15, -0.1) is 0 Å². The standard InChI is InChI=1S/C24H24FN3O4/c1-4-32-24(31)22-15(2)21(16(3)27-22)20(29)14-28(13-17-9-11-26-12-10-17)23(30)18-5-7-19(25)8-6-18/h5-12,27H,4,13-14H2,1-3H3. The average Bonchev–Trinajstić information content (AvgIpc) is 3.08. The maximum Gasteiger partial charge on any atom is 0.355 e. The van der Waals surface area contributed by atoms with Gasteiger partial charge in [0.25, 0.3) is 5.91 Å². The van der Waals surface area contributed by atoms with Crippen molar-refractivity contribution in [3.63, 3.8) is 0 Å². The van der Waals surface area contributed by atoms with Crippen molar-refractivity contribution in [2.75, 3.05) is 13.2 Å². The Bertz CT molecular complexity index is 1120. The van der Waals surface area contributed by atoms with Crippen LogP contribution >= 0.6 is 0 Å². The summed E-state index contributed by atoms with van der Waals surface area (Å²) >= 11 is 0. The molecule has 0 unspecified atom stereocenters.